The zero-order valence-corrected chi connectivity index (χ0v) is 19.4. The predicted molar refractivity (Wildman–Crippen MR) is 118 cm³/mol. The first-order valence-corrected chi connectivity index (χ1v) is 10.9. The van der Waals surface area contributed by atoms with E-state index in [1.54, 1.807) is 6.07 Å². The molecule has 0 aliphatic rings. The molecule has 31 heavy (non-hydrogen) atoms. The van der Waals surface area contributed by atoms with Crippen molar-refractivity contribution in [3.05, 3.63) is 46.3 Å². The van der Waals surface area contributed by atoms with E-state index in [1.165, 1.54) is 26.5 Å². The second-order valence-corrected chi connectivity index (χ2v) is 8.50. The summed E-state index contributed by atoms with van der Waals surface area (Å²) in [6.45, 7) is 5.79. The monoisotopic (exact) mass is 487 g/mol. The number of hydrogen-bond donors (Lipinski definition) is 3. The second kappa shape index (κ2) is 8.76. The number of rotatable bonds is 4. The van der Waals surface area contributed by atoms with Crippen molar-refractivity contribution in [3.8, 4) is 33.7 Å². The van der Waals surface area contributed by atoms with Crippen molar-refractivity contribution in [1.29, 1.82) is 0 Å². The Bertz CT molecular complexity index is 1260. The van der Waals surface area contributed by atoms with Crippen LogP contribution in [0.15, 0.2) is 18.3 Å². The maximum atomic E-state index is 10.9. The van der Waals surface area contributed by atoms with Crippen LogP contribution in [-0.2, 0) is 0 Å². The zero-order valence-electron chi connectivity index (χ0n) is 17.7. The van der Waals surface area contributed by atoms with Gasteiger partial charge in [0.05, 0.1) is 0 Å². The molecule has 0 spiro atoms. The number of ether oxygens (including phenoxy) is 2. The Balaban J connectivity index is 2.13. The zero-order chi connectivity index (χ0) is 22.9. The van der Waals surface area contributed by atoms with Crippen LogP contribution in [0.5, 0.6) is 23.0 Å². The number of phenolic OH excluding ortho intramolecular Hbond substituents is 2. The molecule has 8 heteroatoms. The second-order valence-electron chi connectivity index (χ2n) is 6.78. The minimum absolute atomic E-state index is 0.0347. The maximum absolute atomic E-state index is 10.9. The van der Waals surface area contributed by atoms with Gasteiger partial charge < -0.3 is 0 Å². The standard InChI is InChI=1S/C23H21NO6Se/c1-11-12(2)22(31-9-8-14-6-7-15(23(27)28)24-10-14)13(3)16-17(11)20(29-4)21(30-5)19(26)18(16)25/h6-7,10,25-26H,1-5H3,(H,27,28). The number of phenols is 2. The molecule has 0 saturated carbocycles. The third kappa shape index (κ3) is 3.86. The number of carbonyl (C=O) groups is 1. The molecule has 0 amide bonds. The summed E-state index contributed by atoms with van der Waals surface area (Å²) >= 11 is -0.270. The number of fused-ring (bicyclic) bond motifs is 1. The number of aromatic carboxylic acids is 1. The average molecular weight is 486 g/mol. The number of pyridine rings is 1. The molecular weight excluding hydrogens is 465 g/mol. The van der Waals surface area contributed by atoms with E-state index in [0.717, 1.165) is 21.2 Å². The number of aromatic hydroxyl groups is 2. The van der Waals surface area contributed by atoms with E-state index in [-0.39, 0.29) is 37.9 Å². The van der Waals surface area contributed by atoms with E-state index in [9.17, 15) is 15.0 Å². The fraction of sp³-hybridized carbons (Fsp3) is 0.217. The van der Waals surface area contributed by atoms with Gasteiger partial charge in [0.2, 0.25) is 0 Å². The number of nitrogens with zero attached hydrogens (tertiary/aromatic N) is 1. The van der Waals surface area contributed by atoms with Crippen molar-refractivity contribution < 1.29 is 29.6 Å². The molecule has 1 heterocycles. The summed E-state index contributed by atoms with van der Waals surface area (Å²) in [7, 11) is 2.90. The molecule has 0 radical (unpaired) electrons. The van der Waals surface area contributed by atoms with Crippen LogP contribution in [0.2, 0.25) is 0 Å². The molecule has 0 atom stereocenters. The van der Waals surface area contributed by atoms with Crippen molar-refractivity contribution in [2.45, 2.75) is 20.8 Å². The number of benzene rings is 2. The van der Waals surface area contributed by atoms with Gasteiger partial charge in [-0.3, -0.25) is 0 Å². The van der Waals surface area contributed by atoms with E-state index in [2.05, 4.69) is 15.7 Å². The molecule has 0 fully saturated rings. The van der Waals surface area contributed by atoms with Gasteiger partial charge in [0.25, 0.3) is 0 Å². The fourth-order valence-corrected chi connectivity index (χ4v) is 5.17. The minimum atomic E-state index is -1.09. The molecule has 3 rings (SSSR count). The first kappa shape index (κ1) is 22.3. The van der Waals surface area contributed by atoms with Gasteiger partial charge in [-0.15, -0.1) is 0 Å². The van der Waals surface area contributed by atoms with E-state index in [0.29, 0.717) is 22.1 Å². The molecule has 7 nitrogen and oxygen atoms in total. The first-order chi connectivity index (χ1) is 14.7. The van der Waals surface area contributed by atoms with E-state index in [4.69, 9.17) is 14.6 Å². The molecule has 3 aromatic rings. The van der Waals surface area contributed by atoms with Crippen molar-refractivity contribution in [2.75, 3.05) is 14.2 Å². The summed E-state index contributed by atoms with van der Waals surface area (Å²) in [5.74, 6) is 1.76. The van der Waals surface area contributed by atoms with Crippen LogP contribution in [0.25, 0.3) is 10.8 Å². The van der Waals surface area contributed by atoms with Gasteiger partial charge in [-0.05, 0) is 0 Å². The van der Waals surface area contributed by atoms with Crippen LogP contribution in [0.4, 0.5) is 0 Å². The molecule has 0 bridgehead atoms. The van der Waals surface area contributed by atoms with Crippen LogP contribution in [0, 0.1) is 31.5 Å². The summed E-state index contributed by atoms with van der Waals surface area (Å²) < 4.78 is 11.8. The van der Waals surface area contributed by atoms with Crippen molar-refractivity contribution in [3.63, 3.8) is 0 Å². The van der Waals surface area contributed by atoms with Gasteiger partial charge in [-0.2, -0.15) is 0 Å². The molecular formula is C23H21NO6Se. The summed E-state index contributed by atoms with van der Waals surface area (Å²) in [5.41, 5.74) is 3.31. The van der Waals surface area contributed by atoms with Crippen molar-refractivity contribution in [2.24, 2.45) is 0 Å². The first-order valence-electron chi connectivity index (χ1n) is 9.19. The molecule has 1 aromatic heterocycles. The van der Waals surface area contributed by atoms with Crippen LogP contribution in [-0.4, -0.2) is 55.4 Å². The summed E-state index contributed by atoms with van der Waals surface area (Å²) in [5, 5.41) is 31.3. The van der Waals surface area contributed by atoms with Gasteiger partial charge in [-0.25, -0.2) is 0 Å². The molecule has 2 aromatic carbocycles. The van der Waals surface area contributed by atoms with Gasteiger partial charge in [0.15, 0.2) is 0 Å². The van der Waals surface area contributed by atoms with Crippen molar-refractivity contribution >= 4 is 36.2 Å². The predicted octanol–water partition coefficient (Wildman–Crippen LogP) is 2.63. The van der Waals surface area contributed by atoms with Crippen molar-refractivity contribution in [1.82, 2.24) is 4.98 Å². The van der Waals surface area contributed by atoms with Crippen LogP contribution < -0.4 is 13.9 Å². The Hall–Kier alpha value is -3.40. The number of hydrogen-bond acceptors (Lipinski definition) is 6. The topological polar surface area (TPSA) is 109 Å². The van der Waals surface area contributed by atoms with E-state index < -0.39 is 5.97 Å². The average Bonchev–Trinajstić information content (AvgIpc) is 2.76. The number of carboxylic acids is 1. The molecule has 0 unspecified atom stereocenters. The van der Waals surface area contributed by atoms with Gasteiger partial charge in [0.1, 0.15) is 0 Å². The normalized spacial score (nSPS) is 10.5. The van der Waals surface area contributed by atoms with Crippen LogP contribution >= 0.6 is 0 Å². The van der Waals surface area contributed by atoms with Crippen LogP contribution in [0.3, 0.4) is 0 Å². The Labute approximate surface area is 185 Å². The Kier molecular flexibility index (Phi) is 6.30. The van der Waals surface area contributed by atoms with Gasteiger partial charge >= 0.3 is 186 Å². The molecule has 0 aliphatic heterocycles. The Morgan fingerprint density at radius 3 is 2.19 bits per heavy atom. The SMILES string of the molecule is COc1c(O)c(O)c2c(C)c([Se]C#Cc3ccc(C(=O)O)nc3)c(C)c(C)c2c1OC. The number of methoxy groups -OCH3 is 2. The number of aryl methyl sites for hydroxylation is 2. The van der Waals surface area contributed by atoms with E-state index >= 15 is 0 Å². The van der Waals surface area contributed by atoms with E-state index in [1.807, 2.05) is 20.8 Å². The quantitative estimate of drug-likeness (QED) is 0.296. The third-order valence-electron chi connectivity index (χ3n) is 5.09. The Morgan fingerprint density at radius 1 is 0.968 bits per heavy atom. The number of aromatic nitrogens is 1. The number of carboxylic acid groups (broad SMARTS) is 1. The van der Waals surface area contributed by atoms with Gasteiger partial charge in [-0.1, -0.05) is 0 Å². The molecule has 0 aliphatic carbocycles. The molecule has 3 N–H and O–H groups in total. The van der Waals surface area contributed by atoms with Crippen LogP contribution in [0.1, 0.15) is 32.7 Å². The third-order valence-corrected chi connectivity index (χ3v) is 7.23. The van der Waals surface area contributed by atoms with Gasteiger partial charge in [0, 0.05) is 0 Å². The Morgan fingerprint density at radius 2 is 1.65 bits per heavy atom. The molecule has 0 saturated heterocycles. The summed E-state index contributed by atoms with van der Waals surface area (Å²) in [6, 6.07) is 3.03. The summed E-state index contributed by atoms with van der Waals surface area (Å²) in [4.78, 5) is 17.9. The fourth-order valence-electron chi connectivity index (χ4n) is 3.42. The summed E-state index contributed by atoms with van der Waals surface area (Å²) in [6.07, 6.45) is 1.43. The molecule has 160 valence electrons.